The van der Waals surface area contributed by atoms with Gasteiger partial charge in [-0.1, -0.05) is 121 Å². The molecule has 10 aromatic heterocycles. The highest BCUT2D eigenvalue weighted by atomic mass is 19.1. The molecular weight excluding hydrogens is 1600 g/mol. The molecular formula is C99H78F2N20O6. The van der Waals surface area contributed by atoms with E-state index in [0.29, 0.717) is 67.6 Å². The lowest BCUT2D eigenvalue weighted by molar-refractivity contribution is 0.0341. The summed E-state index contributed by atoms with van der Waals surface area (Å²) in [6.45, 7) is 4.15. The third kappa shape index (κ3) is 20.8. The van der Waals surface area contributed by atoms with Gasteiger partial charge < -0.3 is 36.5 Å². The number of carbonyl (C=O) groups is 4. The summed E-state index contributed by atoms with van der Waals surface area (Å²) in [4.78, 5) is 79.6. The summed E-state index contributed by atoms with van der Waals surface area (Å²) in [6.07, 6.45) is 18.7. The van der Waals surface area contributed by atoms with Crippen LogP contribution < -0.4 is 31.7 Å². The summed E-state index contributed by atoms with van der Waals surface area (Å²) in [7, 11) is 0. The first-order valence-corrected chi connectivity index (χ1v) is 40.4. The van der Waals surface area contributed by atoms with Gasteiger partial charge in [-0.3, -0.25) is 74.4 Å². The van der Waals surface area contributed by atoms with Crippen LogP contribution in [0.25, 0.3) is 88.1 Å². The molecule has 19 aromatic rings. The van der Waals surface area contributed by atoms with E-state index in [1.807, 2.05) is 200 Å². The topological polar surface area (TPSA) is 356 Å². The number of nitrogens with two attached hydrogens (primary N) is 1. The molecule has 20 rings (SSSR count). The Morgan fingerprint density at radius 2 is 0.772 bits per heavy atom. The second kappa shape index (κ2) is 38.8. The fourth-order valence-corrected chi connectivity index (χ4v) is 14.3. The normalized spacial score (nSPS) is 11.8. The number of nitrogens with one attached hydrogen (secondary N) is 8. The third-order valence-corrected chi connectivity index (χ3v) is 20.6. The van der Waals surface area contributed by atoms with Crippen LogP contribution >= 0.6 is 0 Å². The Morgan fingerprint density at radius 3 is 1.20 bits per heavy atom. The number of anilines is 5. The van der Waals surface area contributed by atoms with Crippen molar-refractivity contribution in [1.82, 2.24) is 75.6 Å². The number of pyridine rings is 6. The van der Waals surface area contributed by atoms with E-state index < -0.39 is 23.4 Å². The van der Waals surface area contributed by atoms with Crippen LogP contribution in [0.15, 0.2) is 329 Å². The van der Waals surface area contributed by atoms with Crippen LogP contribution in [0.4, 0.5) is 37.2 Å². The number of morpholine rings is 1. The summed E-state index contributed by atoms with van der Waals surface area (Å²) in [5, 5.41) is 42.3. The molecule has 10 N–H and O–H groups in total. The van der Waals surface area contributed by atoms with E-state index in [0.717, 1.165) is 134 Å². The predicted molar refractivity (Wildman–Crippen MR) is 486 cm³/mol. The van der Waals surface area contributed by atoms with E-state index in [1.54, 1.807) is 67.8 Å². The highest BCUT2D eigenvalue weighted by molar-refractivity contribution is 6.14. The number of amides is 4. The van der Waals surface area contributed by atoms with Crippen molar-refractivity contribution < 1.29 is 37.4 Å². The van der Waals surface area contributed by atoms with Gasteiger partial charge in [-0.2, -0.15) is 20.4 Å². The van der Waals surface area contributed by atoms with Gasteiger partial charge in [0.15, 0.2) is 22.8 Å². The van der Waals surface area contributed by atoms with Gasteiger partial charge in [-0.25, -0.2) is 8.78 Å². The summed E-state index contributed by atoms with van der Waals surface area (Å²) in [6, 6.07) is 81.5. The Labute approximate surface area is 724 Å². The smallest absolute Gasteiger partial charge is 0.276 e. The number of carbonyl (C=O) groups excluding carboxylic acids is 4. The molecule has 624 valence electrons. The lowest BCUT2D eigenvalue weighted by atomic mass is 10.0. The summed E-state index contributed by atoms with van der Waals surface area (Å²) in [5.74, 6) is -0.956. The Bertz CT molecular complexity index is 7100. The van der Waals surface area contributed by atoms with Gasteiger partial charge in [0.1, 0.15) is 23.1 Å². The number of ether oxygens (including phenoxy) is 2. The average molecular weight is 1680 g/mol. The molecule has 4 amide bonds. The summed E-state index contributed by atoms with van der Waals surface area (Å²) in [5.41, 5.74) is 25.3. The maximum absolute atomic E-state index is 13.4. The Morgan fingerprint density at radius 1 is 0.354 bits per heavy atom. The Balaban J connectivity index is 0.000000119. The molecule has 0 radical (unpaired) electrons. The minimum absolute atomic E-state index is 0.218. The number of aromatic amines is 4. The van der Waals surface area contributed by atoms with E-state index in [2.05, 4.69) is 127 Å². The number of hydrogen-bond acceptors (Lipinski definition) is 18. The molecule has 26 nitrogen and oxygen atoms in total. The monoisotopic (exact) mass is 1680 g/mol. The fraction of sp³-hybridized carbons (Fsp3) is 0.0707. The van der Waals surface area contributed by atoms with Crippen LogP contribution in [0.1, 0.15) is 70.0 Å². The molecule has 127 heavy (non-hydrogen) atoms. The average Bonchev–Trinajstić information content (AvgIpc) is 1.68. The van der Waals surface area contributed by atoms with E-state index in [9.17, 15) is 28.0 Å². The van der Waals surface area contributed by atoms with Crippen LogP contribution in [-0.2, 0) is 24.1 Å². The first-order chi connectivity index (χ1) is 62.2. The van der Waals surface area contributed by atoms with E-state index in [-0.39, 0.29) is 23.2 Å². The van der Waals surface area contributed by atoms with Crippen LogP contribution in [0, 0.1) is 11.6 Å². The largest absolute Gasteiger partial charge is 0.456 e. The van der Waals surface area contributed by atoms with Gasteiger partial charge >= 0.3 is 0 Å². The zero-order chi connectivity index (χ0) is 86.8. The van der Waals surface area contributed by atoms with Gasteiger partial charge in [0.05, 0.1) is 70.9 Å². The number of nitrogens with zero attached hydrogens (tertiary/aromatic N) is 11. The molecule has 1 fully saturated rings. The van der Waals surface area contributed by atoms with Crippen LogP contribution in [-0.4, -0.2) is 126 Å². The number of benzene rings is 9. The Kier molecular flexibility index (Phi) is 25.2. The lowest BCUT2D eigenvalue weighted by Gasteiger charge is -2.26. The predicted octanol–water partition coefficient (Wildman–Crippen LogP) is 19.0. The molecule has 0 unspecified atom stereocenters. The standard InChI is InChI=1S/C25H17FN4O2.C25H20N6O.C25H19N5O.C24H22FN5O2/c26-18-5-4-6-19(13-18)28-25(31)24-22-12-16(9-10-23(22)29-30-24)17-11-21(15-27-14-17)32-20-7-2-1-3-8-20;26-19-11-18(13-27-14-19)17-6-9-23-22(12-17)24(31-30-23)25(32)29-21-8-7-20(28-15-21)10-16-4-2-1-3-5-16;31-25(28-21-10-9-20(27-16-21)13-17-5-2-1-3-6-17)24-22-14-18(8-11-23(22)29-30-24)19-7-4-12-26-15-19;25-19-2-1-3-20(12-19)27-24(31)23-21-11-17(4-5-22(21)28-29-23)18-10-16(13-26-14-18)15-30-6-8-32-9-7-30/h1-15H,(H,28,31)(H,29,30);1-9,11-15H,10,26H2,(H,29,32)(H,30,31);1-12,14-16H,13H2,(H,28,31)(H,29,30);1-5,10-14H,6-9,15H2,(H,27,31)(H,28,29). The maximum Gasteiger partial charge on any atom is 0.276 e. The number of para-hydroxylation sites is 1. The zero-order valence-corrected chi connectivity index (χ0v) is 67.8. The number of fused-ring (bicyclic) bond motifs is 4. The van der Waals surface area contributed by atoms with E-state index in [4.69, 9.17) is 15.2 Å². The number of H-pyrrole nitrogens is 4. The zero-order valence-electron chi connectivity index (χ0n) is 67.8. The van der Waals surface area contributed by atoms with Crippen molar-refractivity contribution in [3.8, 4) is 56.0 Å². The molecule has 1 aliphatic rings. The molecule has 0 atom stereocenters. The first-order valence-electron chi connectivity index (χ1n) is 40.4. The molecule has 0 bridgehead atoms. The van der Waals surface area contributed by atoms with Crippen molar-refractivity contribution in [3.05, 3.63) is 391 Å². The molecule has 0 saturated carbocycles. The maximum atomic E-state index is 13.4. The number of rotatable bonds is 20. The van der Waals surface area contributed by atoms with Crippen molar-refractivity contribution in [2.75, 3.05) is 53.3 Å². The second-order valence-electron chi connectivity index (χ2n) is 29.6. The van der Waals surface area contributed by atoms with Gasteiger partial charge in [0.2, 0.25) is 0 Å². The molecule has 0 aliphatic carbocycles. The molecule has 1 saturated heterocycles. The van der Waals surface area contributed by atoms with Crippen LogP contribution in [0.3, 0.4) is 0 Å². The highest BCUT2D eigenvalue weighted by Gasteiger charge is 2.22. The molecule has 11 heterocycles. The molecule has 9 aromatic carbocycles. The highest BCUT2D eigenvalue weighted by Crippen LogP contribution is 2.34. The van der Waals surface area contributed by atoms with Crippen molar-refractivity contribution in [3.63, 3.8) is 0 Å². The van der Waals surface area contributed by atoms with Gasteiger partial charge in [0, 0.05) is 142 Å². The SMILES string of the molecule is Nc1cncc(-c2ccc3[nH]nc(C(=O)Nc4ccc(Cc5ccccc5)nc4)c3c2)c1.O=C(Nc1ccc(Cc2ccccc2)nc1)c1n[nH]c2ccc(-c3cccnc3)cc12.O=C(Nc1cccc(F)c1)c1n[nH]c2ccc(-c3cncc(CN4CCOCC4)c3)cc12.O=C(Nc1cccc(F)c1)c1n[nH]c2ccc(-c3cncc(Oc4ccccc4)c3)cc12. The number of halogens is 2. The van der Waals surface area contributed by atoms with Crippen molar-refractivity contribution in [2.45, 2.75) is 19.4 Å². The fourth-order valence-electron chi connectivity index (χ4n) is 14.3. The minimum Gasteiger partial charge on any atom is -0.456 e. The third-order valence-electron chi connectivity index (χ3n) is 20.6. The van der Waals surface area contributed by atoms with Gasteiger partial charge in [-0.05, 0) is 185 Å². The number of hydrogen-bond donors (Lipinski definition) is 9. The second-order valence-corrected chi connectivity index (χ2v) is 29.6. The number of aromatic nitrogens is 14. The Hall–Kier alpha value is -17.0. The van der Waals surface area contributed by atoms with Gasteiger partial charge in [0.25, 0.3) is 23.6 Å². The summed E-state index contributed by atoms with van der Waals surface area (Å²) >= 11 is 0. The number of nitrogen functional groups attached to an aromatic ring is 1. The first kappa shape index (κ1) is 82.3. The van der Waals surface area contributed by atoms with Crippen molar-refractivity contribution in [1.29, 1.82) is 0 Å². The summed E-state index contributed by atoms with van der Waals surface area (Å²) < 4.78 is 38.2. The van der Waals surface area contributed by atoms with Crippen molar-refractivity contribution >= 4 is 95.7 Å². The van der Waals surface area contributed by atoms with Crippen molar-refractivity contribution in [2.24, 2.45) is 0 Å². The molecule has 28 heteroatoms. The molecule has 0 spiro atoms. The van der Waals surface area contributed by atoms with Crippen LogP contribution in [0.5, 0.6) is 11.5 Å². The van der Waals surface area contributed by atoms with E-state index in [1.165, 1.54) is 41.5 Å². The van der Waals surface area contributed by atoms with Crippen LogP contribution in [0.2, 0.25) is 0 Å². The molecule has 1 aliphatic heterocycles. The minimum atomic E-state index is -0.432. The lowest BCUT2D eigenvalue weighted by Crippen LogP contribution is -2.35. The quantitative estimate of drug-likeness (QED) is 0.0342. The van der Waals surface area contributed by atoms with Gasteiger partial charge in [-0.15, -0.1) is 0 Å². The van der Waals surface area contributed by atoms with E-state index >= 15 is 0 Å².